The third-order valence-corrected chi connectivity index (χ3v) is 6.16. The van der Waals surface area contributed by atoms with Crippen LogP contribution in [-0.2, 0) is 22.7 Å². The highest BCUT2D eigenvalue weighted by atomic mass is 16.4. The number of rotatable bonds is 16. The van der Waals surface area contributed by atoms with E-state index in [1.807, 2.05) is 0 Å². The minimum absolute atomic E-state index is 0.0472. The van der Waals surface area contributed by atoms with Crippen LogP contribution in [-0.4, -0.2) is 39.4 Å². The second kappa shape index (κ2) is 16.3. The van der Waals surface area contributed by atoms with E-state index in [1.54, 1.807) is 36.4 Å². The molecule has 196 valence electrons. The number of aromatic hydroxyl groups is 1. The topological polar surface area (TPSA) is 107 Å². The van der Waals surface area contributed by atoms with Crippen molar-refractivity contribution < 1.29 is 24.6 Å². The van der Waals surface area contributed by atoms with Gasteiger partial charge in [-0.15, -0.1) is 0 Å². The molecule has 0 aromatic heterocycles. The van der Waals surface area contributed by atoms with Crippen LogP contribution < -0.4 is 5.32 Å². The number of nitrogens with one attached hydrogen (secondary N) is 1. The minimum atomic E-state index is -1.54. The van der Waals surface area contributed by atoms with Crippen molar-refractivity contribution in [1.82, 2.24) is 10.2 Å². The number of hydrogen-bond donors (Lipinski definition) is 3. The van der Waals surface area contributed by atoms with Crippen molar-refractivity contribution >= 4 is 17.8 Å². The Morgan fingerprint density at radius 3 is 1.97 bits per heavy atom. The fraction of sp³-hybridized carbons (Fsp3) is 0.483. The van der Waals surface area contributed by atoms with Crippen LogP contribution in [0.5, 0.6) is 5.75 Å². The van der Waals surface area contributed by atoms with E-state index in [-0.39, 0.29) is 24.7 Å². The number of benzene rings is 2. The molecule has 0 bridgehead atoms. The van der Waals surface area contributed by atoms with Gasteiger partial charge in [0.15, 0.2) is 0 Å². The lowest BCUT2D eigenvalue weighted by molar-refractivity contribution is -0.156. The van der Waals surface area contributed by atoms with Crippen LogP contribution in [0.1, 0.15) is 92.6 Å². The number of amides is 2. The van der Waals surface area contributed by atoms with E-state index in [2.05, 4.69) is 12.2 Å². The van der Waals surface area contributed by atoms with Crippen LogP contribution in [0.3, 0.4) is 0 Å². The lowest BCUT2D eigenvalue weighted by Crippen LogP contribution is -2.35. The van der Waals surface area contributed by atoms with Crippen molar-refractivity contribution in [3.05, 3.63) is 65.2 Å². The summed E-state index contributed by atoms with van der Waals surface area (Å²) >= 11 is 0. The molecule has 0 radical (unpaired) electrons. The van der Waals surface area contributed by atoms with Gasteiger partial charge in [0.1, 0.15) is 5.75 Å². The molecule has 0 aliphatic carbocycles. The smallest absolute Gasteiger partial charge is 0.394 e. The lowest BCUT2D eigenvalue weighted by atomic mass is 10.1. The summed E-state index contributed by atoms with van der Waals surface area (Å²) in [5, 5.41) is 21.6. The summed E-state index contributed by atoms with van der Waals surface area (Å²) < 4.78 is 0. The first-order valence-electron chi connectivity index (χ1n) is 13.1. The molecular formula is C29H40N2O5. The Morgan fingerprint density at radius 2 is 1.36 bits per heavy atom. The van der Waals surface area contributed by atoms with Crippen LogP contribution in [0, 0.1) is 0 Å². The Labute approximate surface area is 214 Å². The number of phenolic OH excluding ortho intramolecular Hbond substituents is 1. The SMILES string of the molecule is CCCCCCCCCCCCNC(=O)c1cccc(CN(Cc2ccc(O)cc2)C(=O)C(=O)O)c1. The Hall–Kier alpha value is -3.35. The van der Waals surface area contributed by atoms with Crippen molar-refractivity contribution in [1.29, 1.82) is 0 Å². The molecule has 2 rings (SSSR count). The van der Waals surface area contributed by atoms with E-state index in [4.69, 9.17) is 0 Å². The van der Waals surface area contributed by atoms with Gasteiger partial charge in [0.2, 0.25) is 0 Å². The van der Waals surface area contributed by atoms with Gasteiger partial charge in [-0.05, 0) is 41.8 Å². The van der Waals surface area contributed by atoms with E-state index >= 15 is 0 Å². The van der Waals surface area contributed by atoms with Crippen molar-refractivity contribution in [2.75, 3.05) is 6.54 Å². The van der Waals surface area contributed by atoms with Crippen molar-refractivity contribution in [3.63, 3.8) is 0 Å². The predicted molar refractivity (Wildman–Crippen MR) is 141 cm³/mol. The maximum Gasteiger partial charge on any atom is 0.394 e. The Kier molecular flexibility index (Phi) is 13.1. The molecule has 7 heteroatoms. The zero-order valence-electron chi connectivity index (χ0n) is 21.4. The molecule has 0 atom stereocenters. The molecule has 7 nitrogen and oxygen atoms in total. The fourth-order valence-electron chi connectivity index (χ4n) is 4.10. The summed E-state index contributed by atoms with van der Waals surface area (Å²) in [4.78, 5) is 37.4. The fourth-order valence-corrected chi connectivity index (χ4v) is 4.10. The van der Waals surface area contributed by atoms with Crippen molar-refractivity contribution in [2.45, 2.75) is 84.2 Å². The number of carbonyl (C=O) groups excluding carboxylic acids is 2. The third kappa shape index (κ3) is 10.9. The van der Waals surface area contributed by atoms with E-state index in [1.165, 1.54) is 68.4 Å². The van der Waals surface area contributed by atoms with E-state index in [0.29, 0.717) is 23.2 Å². The number of nitrogens with zero attached hydrogens (tertiary/aromatic N) is 1. The highest BCUT2D eigenvalue weighted by Gasteiger charge is 2.22. The Morgan fingerprint density at radius 1 is 0.778 bits per heavy atom. The number of aliphatic carboxylic acids is 1. The molecule has 0 aliphatic heterocycles. The number of hydrogen-bond acceptors (Lipinski definition) is 4. The van der Waals surface area contributed by atoms with Gasteiger partial charge in [-0.1, -0.05) is 89.0 Å². The van der Waals surface area contributed by atoms with Gasteiger partial charge < -0.3 is 20.4 Å². The monoisotopic (exact) mass is 496 g/mol. The molecule has 0 spiro atoms. The molecule has 2 aromatic carbocycles. The minimum Gasteiger partial charge on any atom is -0.508 e. The number of unbranched alkanes of at least 4 members (excludes halogenated alkanes) is 9. The molecule has 0 saturated heterocycles. The summed E-state index contributed by atoms with van der Waals surface area (Å²) in [5.74, 6) is -2.66. The highest BCUT2D eigenvalue weighted by molar-refractivity contribution is 6.31. The predicted octanol–water partition coefficient (Wildman–Crippen LogP) is 5.66. The first-order chi connectivity index (χ1) is 17.4. The maximum absolute atomic E-state index is 12.6. The van der Waals surface area contributed by atoms with Gasteiger partial charge in [0.05, 0.1) is 0 Å². The van der Waals surface area contributed by atoms with E-state index in [0.717, 1.165) is 12.8 Å². The molecule has 2 aromatic rings. The summed E-state index contributed by atoms with van der Waals surface area (Å²) in [6, 6.07) is 13.1. The summed E-state index contributed by atoms with van der Waals surface area (Å²) in [7, 11) is 0. The second-order valence-corrected chi connectivity index (χ2v) is 9.27. The highest BCUT2D eigenvalue weighted by Crippen LogP contribution is 2.16. The molecule has 0 aliphatic rings. The Bertz CT molecular complexity index is 958. The summed E-state index contributed by atoms with van der Waals surface area (Å²) in [5.41, 5.74) is 1.83. The molecule has 3 N–H and O–H groups in total. The van der Waals surface area contributed by atoms with Gasteiger partial charge >= 0.3 is 11.9 Å². The summed E-state index contributed by atoms with van der Waals surface area (Å²) in [6.07, 6.45) is 12.4. The lowest BCUT2D eigenvalue weighted by Gasteiger charge is -2.21. The quantitative estimate of drug-likeness (QED) is 0.205. The third-order valence-electron chi connectivity index (χ3n) is 6.16. The average molecular weight is 497 g/mol. The standard InChI is InChI=1S/C29H40N2O5/c1-2-3-4-5-6-7-8-9-10-11-19-30-27(33)25-14-12-13-24(20-25)22-31(28(34)29(35)36)21-23-15-17-26(32)18-16-23/h12-18,20,32H,2-11,19,21-22H2,1H3,(H,30,33)(H,35,36). The molecule has 0 saturated carbocycles. The normalized spacial score (nSPS) is 10.7. The summed E-state index contributed by atoms with van der Waals surface area (Å²) in [6.45, 7) is 2.96. The molecule has 0 heterocycles. The van der Waals surface area contributed by atoms with Gasteiger partial charge in [-0.25, -0.2) is 4.79 Å². The van der Waals surface area contributed by atoms with Crippen LogP contribution in [0.15, 0.2) is 48.5 Å². The zero-order chi connectivity index (χ0) is 26.2. The van der Waals surface area contributed by atoms with Crippen LogP contribution in [0.2, 0.25) is 0 Å². The van der Waals surface area contributed by atoms with E-state index < -0.39 is 11.9 Å². The van der Waals surface area contributed by atoms with Crippen LogP contribution >= 0.6 is 0 Å². The Balaban J connectivity index is 1.80. The van der Waals surface area contributed by atoms with Gasteiger partial charge in [0, 0.05) is 25.2 Å². The number of phenols is 1. The largest absolute Gasteiger partial charge is 0.508 e. The number of carboxylic acids is 1. The average Bonchev–Trinajstić information content (AvgIpc) is 2.87. The van der Waals surface area contributed by atoms with E-state index in [9.17, 15) is 24.6 Å². The molecule has 0 unspecified atom stereocenters. The van der Waals surface area contributed by atoms with Crippen LogP contribution in [0.4, 0.5) is 0 Å². The van der Waals surface area contributed by atoms with Gasteiger partial charge in [-0.2, -0.15) is 0 Å². The molecule has 0 fully saturated rings. The van der Waals surface area contributed by atoms with Crippen LogP contribution in [0.25, 0.3) is 0 Å². The van der Waals surface area contributed by atoms with Crippen molar-refractivity contribution in [3.8, 4) is 5.75 Å². The molecule has 36 heavy (non-hydrogen) atoms. The van der Waals surface area contributed by atoms with Gasteiger partial charge in [0.25, 0.3) is 5.91 Å². The second-order valence-electron chi connectivity index (χ2n) is 9.27. The molecular weight excluding hydrogens is 456 g/mol. The first kappa shape index (κ1) is 28.9. The van der Waals surface area contributed by atoms with Crippen molar-refractivity contribution in [2.24, 2.45) is 0 Å². The zero-order valence-corrected chi connectivity index (χ0v) is 21.4. The number of carboxylic acid groups (broad SMARTS) is 1. The van der Waals surface area contributed by atoms with Gasteiger partial charge in [-0.3, -0.25) is 9.59 Å². The molecule has 2 amide bonds. The first-order valence-corrected chi connectivity index (χ1v) is 13.1. The number of carbonyl (C=O) groups is 3. The maximum atomic E-state index is 12.6.